The van der Waals surface area contributed by atoms with Crippen LogP contribution in [-0.2, 0) is 0 Å². The number of rotatable bonds is 0. The molecule has 1 aromatic carbocycles. The first-order chi connectivity index (χ1) is 7.29. The maximum absolute atomic E-state index is 4.55. The fourth-order valence-electron chi connectivity index (χ4n) is 0.941. The van der Waals surface area contributed by atoms with E-state index in [2.05, 4.69) is 28.8 Å². The van der Waals surface area contributed by atoms with Gasteiger partial charge in [-0.25, -0.2) is 4.63 Å². The summed E-state index contributed by atoms with van der Waals surface area (Å²) >= 11 is 0. The molecule has 0 atom stereocenters. The molecule has 2 rings (SSSR count). The van der Waals surface area contributed by atoms with Gasteiger partial charge in [0.2, 0.25) is 0 Å². The van der Waals surface area contributed by atoms with Crippen LogP contribution in [0, 0.1) is 6.92 Å². The van der Waals surface area contributed by atoms with E-state index in [0.717, 1.165) is 16.6 Å². The van der Waals surface area contributed by atoms with Gasteiger partial charge < -0.3 is 0 Å². The normalized spacial score (nSPS) is 8.60. The van der Waals surface area contributed by atoms with Gasteiger partial charge in [0.25, 0.3) is 0 Å². The summed E-state index contributed by atoms with van der Waals surface area (Å²) in [5.74, 6) is 0. The summed E-state index contributed by atoms with van der Waals surface area (Å²) in [6, 6.07) is 5.78. The summed E-state index contributed by atoms with van der Waals surface area (Å²) in [5, 5.41) is 7.43. The van der Waals surface area contributed by atoms with Crippen molar-refractivity contribution < 1.29 is 4.63 Å². The Kier molecular flexibility index (Phi) is 7.24. The number of hydrogen-bond acceptors (Lipinski definition) is 3. The monoisotopic (exact) mass is 208 g/mol. The van der Waals surface area contributed by atoms with Crippen molar-refractivity contribution >= 4 is 11.0 Å². The standard InChI is InChI=1S/C7H6N2O.C3H8.C2H6/c1-5-3-2-4-6-7(5)9-10-8-6;1-3-2;1-2/h2-4H,1H3;3H2,1-2H3;1-2H3. The Morgan fingerprint density at radius 2 is 1.73 bits per heavy atom. The summed E-state index contributed by atoms with van der Waals surface area (Å²) < 4.78 is 4.55. The summed E-state index contributed by atoms with van der Waals surface area (Å²) in [6.07, 6.45) is 1.25. The van der Waals surface area contributed by atoms with E-state index in [0.29, 0.717) is 0 Å². The first-order valence-electron chi connectivity index (χ1n) is 5.47. The highest BCUT2D eigenvalue weighted by Gasteiger charge is 1.99. The lowest BCUT2D eigenvalue weighted by atomic mass is 10.2. The zero-order valence-corrected chi connectivity index (χ0v) is 10.2. The molecule has 0 radical (unpaired) electrons. The molecule has 0 aliphatic carbocycles. The molecular formula is C12H20N2O. The second kappa shape index (κ2) is 7.97. The summed E-state index contributed by atoms with van der Waals surface area (Å²) in [6.45, 7) is 10.2. The van der Waals surface area contributed by atoms with Crippen LogP contribution in [0.15, 0.2) is 22.8 Å². The summed E-state index contributed by atoms with van der Waals surface area (Å²) in [5.41, 5.74) is 2.77. The van der Waals surface area contributed by atoms with Crippen molar-refractivity contribution in [1.82, 2.24) is 10.3 Å². The Balaban J connectivity index is 0.000000342. The van der Waals surface area contributed by atoms with Gasteiger partial charge in [-0.2, -0.15) is 0 Å². The van der Waals surface area contributed by atoms with Gasteiger partial charge in [-0.3, -0.25) is 0 Å². The number of benzene rings is 1. The van der Waals surface area contributed by atoms with Crippen molar-refractivity contribution in [2.45, 2.75) is 41.0 Å². The summed E-state index contributed by atoms with van der Waals surface area (Å²) in [7, 11) is 0. The Hall–Kier alpha value is -1.38. The Morgan fingerprint density at radius 1 is 1.13 bits per heavy atom. The van der Waals surface area contributed by atoms with Crippen molar-refractivity contribution in [2.24, 2.45) is 0 Å². The van der Waals surface area contributed by atoms with E-state index in [4.69, 9.17) is 0 Å². The van der Waals surface area contributed by atoms with Gasteiger partial charge in [0.05, 0.1) is 0 Å². The molecular weight excluding hydrogens is 188 g/mol. The lowest BCUT2D eigenvalue weighted by Crippen LogP contribution is -1.73. The largest absolute Gasteiger partial charge is 0.243 e. The molecule has 84 valence electrons. The SMILES string of the molecule is CC.CCC.Cc1cccc2nonc12. The van der Waals surface area contributed by atoms with Crippen LogP contribution >= 0.6 is 0 Å². The molecule has 0 N–H and O–H groups in total. The van der Waals surface area contributed by atoms with E-state index < -0.39 is 0 Å². The van der Waals surface area contributed by atoms with E-state index >= 15 is 0 Å². The smallest absolute Gasteiger partial charge is 0.138 e. The van der Waals surface area contributed by atoms with Gasteiger partial charge >= 0.3 is 0 Å². The molecule has 2 aromatic rings. The third-order valence-electron chi connectivity index (χ3n) is 1.49. The molecule has 0 aliphatic rings. The Labute approximate surface area is 91.5 Å². The van der Waals surface area contributed by atoms with Crippen LogP contribution in [0.4, 0.5) is 0 Å². The second-order valence-electron chi connectivity index (χ2n) is 2.91. The van der Waals surface area contributed by atoms with E-state index in [1.807, 2.05) is 39.0 Å². The van der Waals surface area contributed by atoms with Gasteiger partial charge in [-0.15, -0.1) is 0 Å². The third kappa shape index (κ3) is 4.11. The van der Waals surface area contributed by atoms with Crippen LogP contribution in [-0.4, -0.2) is 10.3 Å². The topological polar surface area (TPSA) is 38.9 Å². The van der Waals surface area contributed by atoms with Gasteiger partial charge in [-0.1, -0.05) is 46.2 Å². The molecule has 0 saturated heterocycles. The Morgan fingerprint density at radius 3 is 2.27 bits per heavy atom. The van der Waals surface area contributed by atoms with E-state index in [1.165, 1.54) is 6.42 Å². The number of hydrogen-bond donors (Lipinski definition) is 0. The zero-order valence-electron chi connectivity index (χ0n) is 10.2. The molecule has 0 spiro atoms. The molecule has 3 nitrogen and oxygen atoms in total. The van der Waals surface area contributed by atoms with Crippen LogP contribution in [0.1, 0.15) is 39.7 Å². The number of aryl methyl sites for hydroxylation is 1. The van der Waals surface area contributed by atoms with Gasteiger partial charge in [0, 0.05) is 0 Å². The average molecular weight is 208 g/mol. The average Bonchev–Trinajstić information content (AvgIpc) is 2.71. The van der Waals surface area contributed by atoms with Gasteiger partial charge in [-0.05, 0) is 28.9 Å². The number of nitrogens with zero attached hydrogens (tertiary/aromatic N) is 2. The first-order valence-corrected chi connectivity index (χ1v) is 5.47. The van der Waals surface area contributed by atoms with E-state index in [9.17, 15) is 0 Å². The molecule has 15 heavy (non-hydrogen) atoms. The fraction of sp³-hybridized carbons (Fsp3) is 0.500. The van der Waals surface area contributed by atoms with Crippen LogP contribution in [0.3, 0.4) is 0 Å². The highest BCUT2D eigenvalue weighted by molar-refractivity contribution is 5.76. The van der Waals surface area contributed by atoms with Gasteiger partial charge in [0.1, 0.15) is 11.0 Å². The molecule has 3 heteroatoms. The lowest BCUT2D eigenvalue weighted by molar-refractivity contribution is 0.315. The quantitative estimate of drug-likeness (QED) is 0.657. The van der Waals surface area contributed by atoms with E-state index in [-0.39, 0.29) is 0 Å². The number of fused-ring (bicyclic) bond motifs is 1. The van der Waals surface area contributed by atoms with Crippen molar-refractivity contribution in [1.29, 1.82) is 0 Å². The maximum Gasteiger partial charge on any atom is 0.138 e. The second-order valence-corrected chi connectivity index (χ2v) is 2.91. The maximum atomic E-state index is 4.55. The highest BCUT2D eigenvalue weighted by atomic mass is 16.6. The third-order valence-corrected chi connectivity index (χ3v) is 1.49. The molecule has 0 bridgehead atoms. The minimum absolute atomic E-state index is 0.819. The molecule has 0 saturated carbocycles. The first kappa shape index (κ1) is 13.6. The number of aromatic nitrogens is 2. The molecule has 0 fully saturated rings. The van der Waals surface area contributed by atoms with Crippen molar-refractivity contribution in [3.05, 3.63) is 23.8 Å². The van der Waals surface area contributed by atoms with Crippen molar-refractivity contribution in [3.63, 3.8) is 0 Å². The van der Waals surface area contributed by atoms with Crippen LogP contribution in [0.5, 0.6) is 0 Å². The van der Waals surface area contributed by atoms with Gasteiger partial charge in [0.15, 0.2) is 0 Å². The molecule has 1 aromatic heterocycles. The molecule has 0 aliphatic heterocycles. The zero-order chi connectivity index (χ0) is 11.7. The summed E-state index contributed by atoms with van der Waals surface area (Å²) in [4.78, 5) is 0. The van der Waals surface area contributed by atoms with Crippen LogP contribution in [0.2, 0.25) is 0 Å². The van der Waals surface area contributed by atoms with Crippen LogP contribution in [0.25, 0.3) is 11.0 Å². The highest BCUT2D eigenvalue weighted by Crippen LogP contribution is 2.11. The predicted octanol–water partition coefficient (Wildman–Crippen LogP) is 3.97. The van der Waals surface area contributed by atoms with Crippen LogP contribution < -0.4 is 0 Å². The molecule has 0 unspecified atom stereocenters. The predicted molar refractivity (Wildman–Crippen MR) is 63.9 cm³/mol. The minimum Gasteiger partial charge on any atom is -0.243 e. The van der Waals surface area contributed by atoms with Crippen molar-refractivity contribution in [2.75, 3.05) is 0 Å². The molecule has 1 heterocycles. The van der Waals surface area contributed by atoms with E-state index in [1.54, 1.807) is 0 Å². The lowest BCUT2D eigenvalue weighted by Gasteiger charge is -1.86. The van der Waals surface area contributed by atoms with Crippen molar-refractivity contribution in [3.8, 4) is 0 Å². The fourth-order valence-corrected chi connectivity index (χ4v) is 0.941. The Bertz CT molecular complexity index is 368. The minimum atomic E-state index is 0.819. The molecule has 0 amide bonds.